The van der Waals surface area contributed by atoms with Crippen LogP contribution in [0.25, 0.3) is 0 Å². The van der Waals surface area contributed by atoms with Gasteiger partial charge in [-0.15, -0.1) is 0 Å². The highest BCUT2D eigenvalue weighted by Gasteiger charge is 2.35. The van der Waals surface area contributed by atoms with Crippen LogP contribution in [0.2, 0.25) is 0 Å². The second-order valence-electron chi connectivity index (χ2n) is 7.13. The lowest BCUT2D eigenvalue weighted by molar-refractivity contribution is -0.0598. The van der Waals surface area contributed by atoms with E-state index in [9.17, 15) is 4.79 Å². The van der Waals surface area contributed by atoms with Crippen LogP contribution in [0.1, 0.15) is 26.7 Å². The van der Waals surface area contributed by atoms with Crippen LogP contribution in [0.15, 0.2) is 53.6 Å². The molecule has 0 spiro atoms. The summed E-state index contributed by atoms with van der Waals surface area (Å²) in [5.41, 5.74) is 4.55. The van der Waals surface area contributed by atoms with E-state index in [0.29, 0.717) is 18.2 Å². The molecule has 144 valence electrons. The van der Waals surface area contributed by atoms with Crippen molar-refractivity contribution in [2.45, 2.75) is 26.7 Å². The number of hydrogen-bond acceptors (Lipinski definition) is 5. The maximum Gasteiger partial charge on any atom is 0.345 e. The largest absolute Gasteiger partial charge is 0.477 e. The molecule has 0 saturated carbocycles. The molecule has 0 radical (unpaired) electrons. The molecule has 1 N–H and O–H groups in total. The maximum atomic E-state index is 11.7. The van der Waals surface area contributed by atoms with Crippen molar-refractivity contribution in [3.8, 4) is 5.88 Å². The zero-order valence-corrected chi connectivity index (χ0v) is 16.1. The number of pyridine rings is 1. The van der Waals surface area contributed by atoms with Gasteiger partial charge in [0.05, 0.1) is 38.1 Å². The standard InChI is InChI=1S/C20H25N3O4/c1-20(2)11-14-13-26-9-7-16(14)17(20)8-10-27-18-6-5-15(12-21-18)22-19(24)23(3)25-4/h5-7,9,12-13H,8,10-11H2,1-4H3,(H,22,24). The summed E-state index contributed by atoms with van der Waals surface area (Å²) in [5, 5.41) is 3.77. The van der Waals surface area contributed by atoms with E-state index in [0.717, 1.165) is 17.9 Å². The molecule has 0 unspecified atom stereocenters. The van der Waals surface area contributed by atoms with Crippen molar-refractivity contribution in [1.82, 2.24) is 10.0 Å². The number of allylic oxidation sites excluding steroid dienone is 3. The van der Waals surface area contributed by atoms with E-state index in [1.165, 1.54) is 30.9 Å². The molecule has 7 nitrogen and oxygen atoms in total. The number of hydrogen-bond donors (Lipinski definition) is 1. The average Bonchev–Trinajstić information content (AvgIpc) is 2.92. The molecule has 1 aliphatic carbocycles. The van der Waals surface area contributed by atoms with Crippen LogP contribution < -0.4 is 10.1 Å². The zero-order valence-electron chi connectivity index (χ0n) is 16.1. The third kappa shape index (κ3) is 4.31. The van der Waals surface area contributed by atoms with Crippen LogP contribution in [0.5, 0.6) is 5.88 Å². The molecule has 0 fully saturated rings. The number of carbonyl (C=O) groups excluding carboxylic acids is 1. The van der Waals surface area contributed by atoms with Gasteiger partial charge < -0.3 is 14.8 Å². The third-order valence-corrected chi connectivity index (χ3v) is 4.79. The molecule has 1 aliphatic heterocycles. The summed E-state index contributed by atoms with van der Waals surface area (Å²) in [6.07, 6.45) is 8.94. The number of anilines is 1. The Labute approximate surface area is 159 Å². The first-order chi connectivity index (χ1) is 12.9. The lowest BCUT2D eigenvalue weighted by Gasteiger charge is -2.22. The number of hydroxylamine groups is 2. The molecule has 2 amide bonds. The molecule has 0 atom stereocenters. The van der Waals surface area contributed by atoms with Gasteiger partial charge in [0.25, 0.3) is 0 Å². The molecule has 0 bridgehead atoms. The summed E-state index contributed by atoms with van der Waals surface area (Å²) >= 11 is 0. The number of nitrogens with one attached hydrogen (secondary N) is 1. The number of ether oxygens (including phenoxy) is 2. The van der Waals surface area contributed by atoms with Gasteiger partial charge in [-0.1, -0.05) is 19.4 Å². The number of nitrogens with zero attached hydrogens (tertiary/aromatic N) is 2. The Morgan fingerprint density at radius 1 is 1.41 bits per heavy atom. The quantitative estimate of drug-likeness (QED) is 0.765. The summed E-state index contributed by atoms with van der Waals surface area (Å²) in [4.78, 5) is 20.8. The number of aromatic nitrogens is 1. The van der Waals surface area contributed by atoms with E-state index in [-0.39, 0.29) is 11.4 Å². The van der Waals surface area contributed by atoms with Gasteiger partial charge in [-0.25, -0.2) is 14.8 Å². The predicted octanol–water partition coefficient (Wildman–Crippen LogP) is 4.03. The molecule has 0 aromatic carbocycles. The maximum absolute atomic E-state index is 11.7. The normalized spacial score (nSPS) is 17.1. The SMILES string of the molecule is CON(C)C(=O)Nc1ccc(OCCC2=C3C=COC=C3CC2(C)C)nc1. The van der Waals surface area contributed by atoms with E-state index in [2.05, 4.69) is 24.1 Å². The molecule has 1 aromatic rings. The van der Waals surface area contributed by atoms with Crippen LogP contribution in [-0.2, 0) is 9.57 Å². The summed E-state index contributed by atoms with van der Waals surface area (Å²) < 4.78 is 11.1. The monoisotopic (exact) mass is 371 g/mol. The molecule has 2 heterocycles. The molecular formula is C20H25N3O4. The molecule has 3 rings (SSSR count). The van der Waals surface area contributed by atoms with Gasteiger partial charge in [-0.3, -0.25) is 4.84 Å². The van der Waals surface area contributed by atoms with Crippen molar-refractivity contribution in [1.29, 1.82) is 0 Å². The number of amides is 2. The number of fused-ring (bicyclic) bond motifs is 1. The van der Waals surface area contributed by atoms with Crippen molar-refractivity contribution in [2.24, 2.45) is 5.41 Å². The summed E-state index contributed by atoms with van der Waals surface area (Å²) in [5.74, 6) is 0.521. The fourth-order valence-corrected chi connectivity index (χ4v) is 3.33. The van der Waals surface area contributed by atoms with Crippen LogP contribution in [0.3, 0.4) is 0 Å². The van der Waals surface area contributed by atoms with Crippen molar-refractivity contribution in [3.05, 3.63) is 53.6 Å². The fraction of sp³-hybridized carbons (Fsp3) is 0.400. The van der Waals surface area contributed by atoms with Gasteiger partial charge in [0, 0.05) is 19.5 Å². The minimum atomic E-state index is -0.377. The minimum Gasteiger partial charge on any atom is -0.477 e. The Morgan fingerprint density at radius 3 is 2.93 bits per heavy atom. The van der Waals surface area contributed by atoms with E-state index >= 15 is 0 Å². The smallest absolute Gasteiger partial charge is 0.345 e. The van der Waals surface area contributed by atoms with Gasteiger partial charge in [0.15, 0.2) is 0 Å². The first kappa shape index (κ1) is 19.0. The highest BCUT2D eigenvalue weighted by atomic mass is 16.7. The zero-order chi connectivity index (χ0) is 19.4. The molecule has 27 heavy (non-hydrogen) atoms. The first-order valence-electron chi connectivity index (χ1n) is 8.83. The van der Waals surface area contributed by atoms with Gasteiger partial charge in [0.2, 0.25) is 5.88 Å². The Morgan fingerprint density at radius 2 is 2.22 bits per heavy atom. The van der Waals surface area contributed by atoms with E-state index < -0.39 is 0 Å². The number of rotatable bonds is 6. The average molecular weight is 371 g/mol. The summed E-state index contributed by atoms with van der Waals surface area (Å²) in [7, 11) is 2.94. The van der Waals surface area contributed by atoms with E-state index in [4.69, 9.17) is 14.3 Å². The molecule has 7 heteroatoms. The lowest BCUT2D eigenvalue weighted by atomic mass is 9.83. The lowest BCUT2D eigenvalue weighted by Crippen LogP contribution is -2.30. The fourth-order valence-electron chi connectivity index (χ4n) is 3.33. The summed E-state index contributed by atoms with van der Waals surface area (Å²) in [6.45, 7) is 5.03. The van der Waals surface area contributed by atoms with Crippen LogP contribution >= 0.6 is 0 Å². The van der Waals surface area contributed by atoms with Crippen molar-refractivity contribution < 1.29 is 19.1 Å². The topological polar surface area (TPSA) is 72.9 Å². The van der Waals surface area contributed by atoms with Crippen molar-refractivity contribution >= 4 is 11.7 Å². The Bertz CT molecular complexity index is 794. The molecule has 1 aromatic heterocycles. The molecule has 2 aliphatic rings. The Balaban J connectivity index is 1.56. The second-order valence-corrected chi connectivity index (χ2v) is 7.13. The van der Waals surface area contributed by atoms with Gasteiger partial charge in [-0.2, -0.15) is 0 Å². The van der Waals surface area contributed by atoms with E-state index in [1.807, 2.05) is 12.3 Å². The number of carbonyl (C=O) groups is 1. The molecular weight excluding hydrogens is 346 g/mol. The van der Waals surface area contributed by atoms with Gasteiger partial charge >= 0.3 is 6.03 Å². The predicted molar refractivity (Wildman–Crippen MR) is 102 cm³/mol. The summed E-state index contributed by atoms with van der Waals surface area (Å²) in [6, 6.07) is 3.10. The minimum absolute atomic E-state index is 0.0948. The molecule has 0 saturated heterocycles. The highest BCUT2D eigenvalue weighted by molar-refractivity contribution is 5.88. The van der Waals surface area contributed by atoms with Crippen LogP contribution in [-0.4, -0.2) is 36.8 Å². The van der Waals surface area contributed by atoms with E-state index in [1.54, 1.807) is 24.6 Å². The first-order valence-corrected chi connectivity index (χ1v) is 8.83. The van der Waals surface area contributed by atoms with Crippen molar-refractivity contribution in [2.75, 3.05) is 26.1 Å². The highest BCUT2D eigenvalue weighted by Crippen LogP contribution is 2.48. The van der Waals surface area contributed by atoms with Gasteiger partial charge in [-0.05, 0) is 35.1 Å². The van der Waals surface area contributed by atoms with Crippen LogP contribution in [0.4, 0.5) is 10.5 Å². The van der Waals surface area contributed by atoms with Crippen LogP contribution in [0, 0.1) is 5.41 Å². The van der Waals surface area contributed by atoms with Crippen molar-refractivity contribution in [3.63, 3.8) is 0 Å². The van der Waals surface area contributed by atoms with Gasteiger partial charge in [0.1, 0.15) is 0 Å². The Hall–Kier alpha value is -2.80. The third-order valence-electron chi connectivity index (χ3n) is 4.79. The second kappa shape index (κ2) is 7.84. The number of urea groups is 1. The Kier molecular flexibility index (Phi) is 5.51.